The fourth-order valence-corrected chi connectivity index (χ4v) is 6.32. The Labute approximate surface area is 232 Å². The van der Waals surface area contributed by atoms with Gasteiger partial charge in [0, 0.05) is 37.7 Å². The lowest BCUT2D eigenvalue weighted by molar-refractivity contribution is -0.133. The van der Waals surface area contributed by atoms with Crippen molar-refractivity contribution < 1.29 is 9.53 Å². The van der Waals surface area contributed by atoms with E-state index < -0.39 is 0 Å². The SMILES string of the molecule is O=C(Cc1ccccc1Cl)N1CCC2(CCCCc3ccccc3OCCN(Cc3ccccc3)C2)CC1. The normalized spacial score (nSPS) is 18.6. The van der Waals surface area contributed by atoms with Gasteiger partial charge in [0.2, 0.25) is 5.91 Å². The topological polar surface area (TPSA) is 32.8 Å². The summed E-state index contributed by atoms with van der Waals surface area (Å²) in [7, 11) is 0. The summed E-state index contributed by atoms with van der Waals surface area (Å²) >= 11 is 6.34. The molecule has 5 rings (SSSR count). The van der Waals surface area contributed by atoms with Crippen LogP contribution >= 0.6 is 11.6 Å². The number of piperidine rings is 1. The van der Waals surface area contributed by atoms with Gasteiger partial charge in [0.15, 0.2) is 0 Å². The first kappa shape index (κ1) is 26.8. The molecule has 0 radical (unpaired) electrons. The molecule has 38 heavy (non-hydrogen) atoms. The third kappa shape index (κ3) is 6.98. The highest BCUT2D eigenvalue weighted by atomic mass is 35.5. The maximum atomic E-state index is 13.2. The maximum Gasteiger partial charge on any atom is 0.227 e. The Balaban J connectivity index is 1.29. The van der Waals surface area contributed by atoms with Crippen molar-refractivity contribution in [3.8, 4) is 5.75 Å². The van der Waals surface area contributed by atoms with Gasteiger partial charge in [0.1, 0.15) is 12.4 Å². The predicted octanol–water partition coefficient (Wildman–Crippen LogP) is 6.80. The fraction of sp³-hybridized carbons (Fsp3) is 0.424. The zero-order valence-electron chi connectivity index (χ0n) is 22.3. The van der Waals surface area contributed by atoms with Crippen LogP contribution in [-0.2, 0) is 24.2 Å². The molecule has 2 heterocycles. The first-order chi connectivity index (χ1) is 18.6. The van der Waals surface area contributed by atoms with Gasteiger partial charge in [-0.2, -0.15) is 0 Å². The van der Waals surface area contributed by atoms with Crippen LogP contribution in [0.25, 0.3) is 0 Å². The van der Waals surface area contributed by atoms with E-state index in [9.17, 15) is 4.79 Å². The van der Waals surface area contributed by atoms with Gasteiger partial charge in [-0.15, -0.1) is 0 Å². The highest BCUT2D eigenvalue weighted by molar-refractivity contribution is 6.31. The van der Waals surface area contributed by atoms with Crippen molar-refractivity contribution in [1.82, 2.24) is 9.80 Å². The molecule has 0 aromatic heterocycles. The Hall–Kier alpha value is -2.82. The Morgan fingerprint density at radius 2 is 1.58 bits per heavy atom. The van der Waals surface area contributed by atoms with Crippen LogP contribution in [0.2, 0.25) is 5.02 Å². The average Bonchev–Trinajstić information content (AvgIpc) is 2.93. The molecule has 1 amide bonds. The summed E-state index contributed by atoms with van der Waals surface area (Å²) < 4.78 is 6.31. The summed E-state index contributed by atoms with van der Waals surface area (Å²) in [5, 5.41) is 0.675. The van der Waals surface area contributed by atoms with Gasteiger partial charge in [-0.25, -0.2) is 0 Å². The van der Waals surface area contributed by atoms with Gasteiger partial charge in [-0.3, -0.25) is 9.69 Å². The number of carbonyl (C=O) groups excluding carboxylic acids is 1. The smallest absolute Gasteiger partial charge is 0.227 e. The van der Waals surface area contributed by atoms with Crippen molar-refractivity contribution in [2.24, 2.45) is 5.41 Å². The molecule has 0 N–H and O–H groups in total. The number of hydrogen-bond acceptors (Lipinski definition) is 3. The second-order valence-corrected chi connectivity index (χ2v) is 11.4. The minimum Gasteiger partial charge on any atom is -0.492 e. The lowest BCUT2D eigenvalue weighted by Gasteiger charge is -2.45. The third-order valence-electron chi connectivity index (χ3n) is 8.33. The molecule has 3 aromatic rings. The molecule has 4 nitrogen and oxygen atoms in total. The summed E-state index contributed by atoms with van der Waals surface area (Å²) in [6.45, 7) is 5.17. The molecule has 0 aliphatic carbocycles. The van der Waals surface area contributed by atoms with Crippen molar-refractivity contribution in [1.29, 1.82) is 0 Å². The molecular weight excluding hydrogens is 492 g/mol. The summed E-state index contributed by atoms with van der Waals surface area (Å²) in [5.41, 5.74) is 3.79. The van der Waals surface area contributed by atoms with Gasteiger partial charge in [-0.1, -0.05) is 84.8 Å². The fourth-order valence-electron chi connectivity index (χ4n) is 6.12. The number of rotatable bonds is 4. The number of nitrogens with zero attached hydrogens (tertiary/aromatic N) is 2. The van der Waals surface area contributed by atoms with Crippen LogP contribution in [0.3, 0.4) is 0 Å². The lowest BCUT2D eigenvalue weighted by Crippen LogP contribution is -2.48. The van der Waals surface area contributed by atoms with Crippen LogP contribution in [0.1, 0.15) is 48.8 Å². The molecule has 3 aromatic carbocycles. The van der Waals surface area contributed by atoms with Crippen molar-refractivity contribution in [3.05, 3.63) is 101 Å². The second kappa shape index (κ2) is 12.8. The van der Waals surface area contributed by atoms with Crippen LogP contribution in [0.4, 0.5) is 0 Å². The van der Waals surface area contributed by atoms with Crippen molar-refractivity contribution in [2.75, 3.05) is 32.8 Å². The van der Waals surface area contributed by atoms with E-state index in [1.807, 2.05) is 24.3 Å². The number of fused-ring (bicyclic) bond motifs is 1. The van der Waals surface area contributed by atoms with E-state index in [0.717, 1.165) is 69.7 Å². The first-order valence-electron chi connectivity index (χ1n) is 14.1. The zero-order valence-corrected chi connectivity index (χ0v) is 23.0. The highest BCUT2D eigenvalue weighted by Crippen LogP contribution is 2.39. The van der Waals surface area contributed by atoms with Crippen LogP contribution in [0.15, 0.2) is 78.9 Å². The molecule has 0 unspecified atom stereocenters. The van der Waals surface area contributed by atoms with E-state index in [1.54, 1.807) is 0 Å². The number of benzene rings is 3. The zero-order chi connectivity index (χ0) is 26.2. The quantitative estimate of drug-likeness (QED) is 0.372. The largest absolute Gasteiger partial charge is 0.492 e. The highest BCUT2D eigenvalue weighted by Gasteiger charge is 2.37. The van der Waals surface area contributed by atoms with Gasteiger partial charge in [0.25, 0.3) is 0 Å². The van der Waals surface area contributed by atoms with Crippen LogP contribution in [0.5, 0.6) is 5.75 Å². The number of carbonyl (C=O) groups is 1. The van der Waals surface area contributed by atoms with E-state index in [-0.39, 0.29) is 11.3 Å². The predicted molar refractivity (Wildman–Crippen MR) is 155 cm³/mol. The standard InChI is InChI=1S/C33H39ClN2O2/c34-30-15-6-4-14-29(30)24-32(37)36-20-18-33(19-21-36)17-9-8-13-28-12-5-7-16-31(28)38-23-22-35(26-33)25-27-10-2-1-3-11-27/h1-7,10-12,14-16H,8-9,13,17-26H2. The molecule has 2 aliphatic heterocycles. The number of para-hydroxylation sites is 1. The molecule has 1 fully saturated rings. The first-order valence-corrected chi connectivity index (χ1v) is 14.5. The molecule has 2 aliphatic rings. The molecule has 0 atom stereocenters. The van der Waals surface area contributed by atoms with Crippen LogP contribution < -0.4 is 4.74 Å². The third-order valence-corrected chi connectivity index (χ3v) is 8.69. The monoisotopic (exact) mass is 530 g/mol. The number of aryl methyl sites for hydroxylation is 1. The van der Waals surface area contributed by atoms with Crippen LogP contribution in [0, 0.1) is 5.41 Å². The van der Waals surface area contributed by atoms with Gasteiger partial charge in [-0.05, 0) is 66.3 Å². The number of amides is 1. The number of ether oxygens (including phenoxy) is 1. The average molecular weight is 531 g/mol. The lowest BCUT2D eigenvalue weighted by atomic mass is 9.73. The summed E-state index contributed by atoms with van der Waals surface area (Å²) in [5.74, 6) is 1.22. The molecule has 1 spiro atoms. The van der Waals surface area contributed by atoms with E-state index >= 15 is 0 Å². The maximum absolute atomic E-state index is 13.2. The Kier molecular flexibility index (Phi) is 9.03. The molecule has 200 valence electrons. The Morgan fingerprint density at radius 3 is 2.39 bits per heavy atom. The van der Waals surface area contributed by atoms with E-state index in [0.29, 0.717) is 18.1 Å². The second-order valence-electron chi connectivity index (χ2n) is 11.0. The van der Waals surface area contributed by atoms with Crippen LogP contribution in [-0.4, -0.2) is 48.5 Å². The van der Waals surface area contributed by atoms with E-state index in [4.69, 9.17) is 16.3 Å². The Morgan fingerprint density at radius 1 is 0.842 bits per heavy atom. The van der Waals surface area contributed by atoms with Crippen molar-refractivity contribution in [3.63, 3.8) is 0 Å². The van der Waals surface area contributed by atoms with E-state index in [2.05, 4.69) is 64.4 Å². The van der Waals surface area contributed by atoms with Gasteiger partial charge >= 0.3 is 0 Å². The van der Waals surface area contributed by atoms with E-state index in [1.165, 1.54) is 24.0 Å². The number of halogens is 1. The number of hydrogen-bond donors (Lipinski definition) is 0. The summed E-state index contributed by atoms with van der Waals surface area (Å²) in [4.78, 5) is 17.8. The molecular formula is C33H39ClN2O2. The summed E-state index contributed by atoms with van der Waals surface area (Å²) in [6, 6.07) is 27.0. The molecule has 0 saturated carbocycles. The minimum absolute atomic E-state index is 0.187. The summed E-state index contributed by atoms with van der Waals surface area (Å²) in [6.07, 6.45) is 7.09. The van der Waals surface area contributed by atoms with Gasteiger partial charge in [0.05, 0.1) is 6.42 Å². The van der Waals surface area contributed by atoms with Gasteiger partial charge < -0.3 is 9.64 Å². The van der Waals surface area contributed by atoms with Crippen molar-refractivity contribution in [2.45, 2.75) is 51.5 Å². The molecule has 0 bridgehead atoms. The number of likely N-dealkylation sites (tertiary alicyclic amines) is 1. The Bertz CT molecular complexity index is 1190. The minimum atomic E-state index is 0.187. The van der Waals surface area contributed by atoms with Crippen molar-refractivity contribution >= 4 is 17.5 Å². The molecule has 1 saturated heterocycles. The molecule has 5 heteroatoms.